The number of hydrogen-bond acceptors (Lipinski definition) is 4. The molecule has 1 N–H and O–H groups in total. The summed E-state index contributed by atoms with van der Waals surface area (Å²) in [5.41, 5.74) is 2.35. The van der Waals surface area contributed by atoms with Crippen molar-refractivity contribution in [3.8, 4) is 5.69 Å². The van der Waals surface area contributed by atoms with E-state index in [4.69, 9.17) is 0 Å². The summed E-state index contributed by atoms with van der Waals surface area (Å²) in [4.78, 5) is 17.2. The number of amides is 1. The van der Waals surface area contributed by atoms with Gasteiger partial charge in [-0.15, -0.1) is 0 Å². The zero-order chi connectivity index (χ0) is 25.0. The van der Waals surface area contributed by atoms with Crippen LogP contribution in [0.5, 0.6) is 0 Å². The molecule has 0 fully saturated rings. The normalized spacial score (nSPS) is 11.3. The van der Waals surface area contributed by atoms with Gasteiger partial charge in [0.05, 0.1) is 16.3 Å². The molecule has 0 saturated heterocycles. The Bertz CT molecular complexity index is 1450. The van der Waals surface area contributed by atoms with Crippen molar-refractivity contribution in [3.05, 3.63) is 108 Å². The fraction of sp³-hybridized carbons (Fsp3) is 0.154. The first-order valence-electron chi connectivity index (χ1n) is 11.0. The number of hydrogen-bond donors (Lipinski definition) is 1. The van der Waals surface area contributed by atoms with Crippen LogP contribution in [0.3, 0.4) is 0 Å². The van der Waals surface area contributed by atoms with E-state index in [0.717, 1.165) is 33.0 Å². The molecular weight excluding hydrogens is 467 g/mol. The molecule has 9 heteroatoms. The first-order valence-corrected chi connectivity index (χ1v) is 12.4. The lowest BCUT2D eigenvalue weighted by Crippen LogP contribution is -2.41. The molecule has 0 bridgehead atoms. The molecule has 0 aliphatic heterocycles. The molecule has 4 aromatic rings. The molecule has 0 atom stereocenters. The van der Waals surface area contributed by atoms with E-state index in [9.17, 15) is 17.6 Å². The minimum Gasteiger partial charge on any atom is -0.350 e. The Hall–Kier alpha value is -3.98. The smallest absolute Gasteiger partial charge is 0.264 e. The van der Waals surface area contributed by atoms with E-state index in [1.807, 2.05) is 48.9 Å². The van der Waals surface area contributed by atoms with Crippen LogP contribution in [0.15, 0.2) is 90.1 Å². The Morgan fingerprint density at radius 1 is 1.00 bits per heavy atom. The molecule has 3 aromatic carbocycles. The SMILES string of the molecule is Cc1ccc(S(=O)(=O)N(CC(=O)NCc2ccccc2-n2ccnc2C)c2ccccc2F)cc1. The molecular formula is C26H25FN4O3S. The summed E-state index contributed by atoms with van der Waals surface area (Å²) in [5, 5.41) is 2.77. The van der Waals surface area contributed by atoms with Crippen molar-refractivity contribution in [1.29, 1.82) is 0 Å². The maximum Gasteiger partial charge on any atom is 0.264 e. The quantitative estimate of drug-likeness (QED) is 0.401. The lowest BCUT2D eigenvalue weighted by Gasteiger charge is -2.24. The molecule has 35 heavy (non-hydrogen) atoms. The Balaban J connectivity index is 1.59. The molecule has 0 radical (unpaired) electrons. The zero-order valence-electron chi connectivity index (χ0n) is 19.3. The number of aryl methyl sites for hydroxylation is 2. The van der Waals surface area contributed by atoms with Crippen LogP contribution < -0.4 is 9.62 Å². The van der Waals surface area contributed by atoms with Crippen molar-refractivity contribution in [2.45, 2.75) is 25.3 Å². The van der Waals surface area contributed by atoms with Gasteiger partial charge in [-0.3, -0.25) is 9.10 Å². The number of nitrogens with one attached hydrogen (secondary N) is 1. The molecule has 0 aliphatic carbocycles. The average Bonchev–Trinajstić information content (AvgIpc) is 3.27. The molecule has 7 nitrogen and oxygen atoms in total. The van der Waals surface area contributed by atoms with Crippen LogP contribution in [0.1, 0.15) is 17.0 Å². The maximum absolute atomic E-state index is 14.7. The number of nitrogens with zero attached hydrogens (tertiary/aromatic N) is 3. The minimum absolute atomic E-state index is 0.0277. The summed E-state index contributed by atoms with van der Waals surface area (Å²) in [7, 11) is -4.20. The number of rotatable bonds is 8. The highest BCUT2D eigenvalue weighted by atomic mass is 32.2. The first kappa shape index (κ1) is 24.2. The van der Waals surface area contributed by atoms with Gasteiger partial charge in [0.2, 0.25) is 5.91 Å². The largest absolute Gasteiger partial charge is 0.350 e. The van der Waals surface area contributed by atoms with E-state index in [2.05, 4.69) is 10.3 Å². The van der Waals surface area contributed by atoms with E-state index in [0.29, 0.717) is 0 Å². The number of sulfonamides is 1. The monoisotopic (exact) mass is 492 g/mol. The predicted octanol–water partition coefficient (Wildman–Crippen LogP) is 4.14. The molecule has 1 amide bonds. The van der Waals surface area contributed by atoms with Crippen LogP contribution in [0.25, 0.3) is 5.69 Å². The van der Waals surface area contributed by atoms with E-state index >= 15 is 0 Å². The molecule has 0 aliphatic rings. The van der Waals surface area contributed by atoms with Crippen molar-refractivity contribution in [2.24, 2.45) is 0 Å². The lowest BCUT2D eigenvalue weighted by atomic mass is 10.1. The Morgan fingerprint density at radius 3 is 2.37 bits per heavy atom. The van der Waals surface area contributed by atoms with Gasteiger partial charge in [0, 0.05) is 18.9 Å². The molecule has 1 heterocycles. The topological polar surface area (TPSA) is 84.3 Å². The molecule has 0 saturated carbocycles. The maximum atomic E-state index is 14.7. The number of para-hydroxylation sites is 2. The summed E-state index contributed by atoms with van der Waals surface area (Å²) in [6.45, 7) is 3.28. The Morgan fingerprint density at radius 2 is 1.69 bits per heavy atom. The minimum atomic E-state index is -4.20. The summed E-state index contributed by atoms with van der Waals surface area (Å²) in [6.07, 6.45) is 3.51. The lowest BCUT2D eigenvalue weighted by molar-refractivity contribution is -0.119. The third-order valence-electron chi connectivity index (χ3n) is 5.57. The van der Waals surface area contributed by atoms with Gasteiger partial charge < -0.3 is 9.88 Å². The van der Waals surface area contributed by atoms with Gasteiger partial charge in [-0.25, -0.2) is 17.8 Å². The van der Waals surface area contributed by atoms with E-state index in [1.165, 1.54) is 30.3 Å². The van der Waals surface area contributed by atoms with E-state index < -0.39 is 28.3 Å². The van der Waals surface area contributed by atoms with Gasteiger partial charge in [0.25, 0.3) is 10.0 Å². The van der Waals surface area contributed by atoms with Gasteiger partial charge in [-0.05, 0) is 49.7 Å². The zero-order valence-corrected chi connectivity index (χ0v) is 20.2. The van der Waals surface area contributed by atoms with Crippen molar-refractivity contribution < 1.29 is 17.6 Å². The van der Waals surface area contributed by atoms with Crippen molar-refractivity contribution >= 4 is 21.6 Å². The predicted molar refractivity (Wildman–Crippen MR) is 132 cm³/mol. The second-order valence-corrected chi connectivity index (χ2v) is 9.89. The van der Waals surface area contributed by atoms with Crippen molar-refractivity contribution in [1.82, 2.24) is 14.9 Å². The molecule has 4 rings (SSSR count). The number of carbonyl (C=O) groups excluding carboxylic acids is 1. The van der Waals surface area contributed by atoms with Crippen LogP contribution >= 0.6 is 0 Å². The number of imidazole rings is 1. The van der Waals surface area contributed by atoms with E-state index in [-0.39, 0.29) is 17.1 Å². The molecule has 0 unspecified atom stereocenters. The highest BCUT2D eigenvalue weighted by Gasteiger charge is 2.29. The van der Waals surface area contributed by atoms with Gasteiger partial charge in [-0.2, -0.15) is 0 Å². The third kappa shape index (κ3) is 5.25. The number of carbonyl (C=O) groups is 1. The molecule has 1 aromatic heterocycles. The fourth-order valence-electron chi connectivity index (χ4n) is 3.70. The van der Waals surface area contributed by atoms with Crippen LogP contribution in [0, 0.1) is 19.7 Å². The molecule has 180 valence electrons. The molecule has 0 spiro atoms. The summed E-state index contributed by atoms with van der Waals surface area (Å²) < 4.78 is 44.2. The van der Waals surface area contributed by atoms with Crippen molar-refractivity contribution in [2.75, 3.05) is 10.8 Å². The van der Waals surface area contributed by atoms with Gasteiger partial charge in [0.1, 0.15) is 18.2 Å². The highest BCUT2D eigenvalue weighted by molar-refractivity contribution is 7.92. The van der Waals surface area contributed by atoms with E-state index in [1.54, 1.807) is 18.3 Å². The van der Waals surface area contributed by atoms with Crippen LogP contribution in [-0.2, 0) is 21.4 Å². The van der Waals surface area contributed by atoms with Crippen molar-refractivity contribution in [3.63, 3.8) is 0 Å². The Kier molecular flexibility index (Phi) is 6.97. The Labute approximate surface area is 203 Å². The first-order chi connectivity index (χ1) is 16.8. The van der Waals surface area contributed by atoms with Gasteiger partial charge in [-0.1, -0.05) is 48.0 Å². The van der Waals surface area contributed by atoms with Crippen LogP contribution in [0.4, 0.5) is 10.1 Å². The van der Waals surface area contributed by atoms with Crippen LogP contribution in [0.2, 0.25) is 0 Å². The second kappa shape index (κ2) is 10.1. The standard InChI is InChI=1S/C26H25FN4O3S/c1-19-11-13-22(14-12-19)35(33,34)31(25-10-6-4-8-23(25)27)18-26(32)29-17-21-7-3-5-9-24(21)30-16-15-28-20(30)2/h3-16H,17-18H2,1-2H3,(H,29,32). The number of aromatic nitrogens is 2. The summed E-state index contributed by atoms with van der Waals surface area (Å²) in [5.74, 6) is -0.517. The van der Waals surface area contributed by atoms with Crippen LogP contribution in [-0.4, -0.2) is 30.4 Å². The highest BCUT2D eigenvalue weighted by Crippen LogP contribution is 2.26. The summed E-state index contributed by atoms with van der Waals surface area (Å²) in [6, 6.07) is 19.2. The fourth-order valence-corrected chi connectivity index (χ4v) is 5.13. The number of benzene rings is 3. The third-order valence-corrected chi connectivity index (χ3v) is 7.34. The average molecular weight is 493 g/mol. The number of halogens is 1. The van der Waals surface area contributed by atoms with Gasteiger partial charge in [0.15, 0.2) is 0 Å². The summed E-state index contributed by atoms with van der Waals surface area (Å²) >= 11 is 0. The second-order valence-electron chi connectivity index (χ2n) is 8.03. The number of anilines is 1. The van der Waals surface area contributed by atoms with Gasteiger partial charge >= 0.3 is 0 Å².